The number of benzene rings is 8. The third-order valence-electron chi connectivity index (χ3n) is 16.2. The molecule has 8 aromatic rings. The monoisotopic (exact) mass is 1070 g/mol. The number of amides is 2. The van der Waals surface area contributed by atoms with Crippen molar-refractivity contribution in [2.45, 2.75) is 118 Å². The van der Waals surface area contributed by atoms with Crippen molar-refractivity contribution in [2.24, 2.45) is 0 Å². The predicted octanol–water partition coefficient (Wildman–Crippen LogP) is 14.8. The van der Waals surface area contributed by atoms with E-state index in [1.807, 2.05) is 48.5 Å². The second-order valence-corrected chi connectivity index (χ2v) is 21.8. The Balaban J connectivity index is 0.958. The van der Waals surface area contributed by atoms with Gasteiger partial charge in [-0.2, -0.15) is 0 Å². The molecule has 8 aromatic carbocycles. The van der Waals surface area contributed by atoms with Crippen LogP contribution >= 0.6 is 0 Å². The van der Waals surface area contributed by atoms with Gasteiger partial charge in [-0.1, -0.05) is 77.6 Å². The molecule has 80 heavy (non-hydrogen) atoms. The number of allylic oxidation sites excluding steroid dienone is 2. The molecule has 5 heterocycles. The zero-order valence-electron chi connectivity index (χ0n) is 46.0. The fraction of sp³-hybridized carbons (Fsp3) is 0.324. The summed E-state index contributed by atoms with van der Waals surface area (Å²) in [7, 11) is 0. The summed E-state index contributed by atoms with van der Waals surface area (Å²) in [5, 5.41) is 13.7. The standard InChI is InChI=1S/C68H66N2O10/c1-5-9-21-73-55-17-13-39-25-43-29-47-30-44-26-40-14-18-56(74-22-10-6-2)54-38-70-66(72)64-52-36-62-46(28-42(52)16-20-58(64)76-24-12-8-4)32-48-31-45-27-41-15-19-57(75-23-11-7-3)63(51(41)35-61(45)79-68(48)80-62)65(71)69-37-53(55)49(39)33-59(43)77-67(47)78-60(44)34-50(40)54/h13-20,25-28,33-36H,5-12,21-24,29-32,37-38H2,1-4H3,(H,69,71)(H,70,72). The summed E-state index contributed by atoms with van der Waals surface area (Å²) < 4.78 is 53.0. The highest BCUT2D eigenvalue weighted by molar-refractivity contribution is 6.11. The van der Waals surface area contributed by atoms with Gasteiger partial charge < -0.3 is 48.5 Å². The number of carbonyl (C=O) groups excluding carboxylic acids is 2. The molecule has 0 aliphatic carbocycles. The first-order valence-electron chi connectivity index (χ1n) is 28.8. The average molecular weight is 1070 g/mol. The van der Waals surface area contributed by atoms with Gasteiger partial charge in [0.05, 0.1) is 37.6 Å². The number of hydrogen-bond acceptors (Lipinski definition) is 10. The van der Waals surface area contributed by atoms with Gasteiger partial charge in [0, 0.05) is 71.8 Å². The maximum atomic E-state index is 15.1. The van der Waals surface area contributed by atoms with E-state index in [4.69, 9.17) is 37.9 Å². The first-order valence-corrected chi connectivity index (χ1v) is 28.8. The smallest absolute Gasteiger partial charge is 0.290 e. The molecule has 0 saturated heterocycles. The molecule has 0 aromatic heterocycles. The van der Waals surface area contributed by atoms with Crippen LogP contribution in [0.15, 0.2) is 120 Å². The van der Waals surface area contributed by atoms with Gasteiger partial charge in [0.25, 0.3) is 23.7 Å². The van der Waals surface area contributed by atoms with Crippen LogP contribution in [0, 0.1) is 0 Å². The summed E-state index contributed by atoms with van der Waals surface area (Å²) in [6.45, 7) is 10.9. The van der Waals surface area contributed by atoms with E-state index in [9.17, 15) is 0 Å². The van der Waals surface area contributed by atoms with Gasteiger partial charge in [-0.3, -0.25) is 9.59 Å². The van der Waals surface area contributed by atoms with Crippen molar-refractivity contribution in [3.8, 4) is 46.0 Å². The lowest BCUT2D eigenvalue weighted by atomic mass is 9.90. The van der Waals surface area contributed by atoms with E-state index in [2.05, 4.69) is 86.9 Å². The van der Waals surface area contributed by atoms with Crippen molar-refractivity contribution in [3.05, 3.63) is 165 Å². The summed E-state index contributed by atoms with van der Waals surface area (Å²) in [6.07, 6.45) is 9.73. The van der Waals surface area contributed by atoms with Crippen LogP contribution in [0.4, 0.5) is 0 Å². The van der Waals surface area contributed by atoms with Crippen LogP contribution < -0.4 is 48.5 Å². The normalized spacial score (nSPS) is 15.1. The lowest BCUT2D eigenvalue weighted by molar-refractivity contribution is 0.0940. The van der Waals surface area contributed by atoms with Gasteiger partial charge in [0.2, 0.25) is 0 Å². The molecule has 10 bridgehead atoms. The van der Waals surface area contributed by atoms with Crippen molar-refractivity contribution in [2.75, 3.05) is 26.4 Å². The Bertz CT molecular complexity index is 3660. The van der Waals surface area contributed by atoms with Crippen LogP contribution in [-0.4, -0.2) is 38.2 Å². The number of rotatable bonds is 16. The van der Waals surface area contributed by atoms with Crippen LogP contribution in [0.2, 0.25) is 0 Å². The van der Waals surface area contributed by atoms with Gasteiger partial charge in [-0.05, 0) is 153 Å². The maximum absolute atomic E-state index is 15.1. The van der Waals surface area contributed by atoms with Crippen molar-refractivity contribution < 1.29 is 47.5 Å². The SMILES string of the molecule is CCCCOc1ccc2cc3c4cc2c1CNC(=O)c1c(OCCCC)ccc2cc5c(cc12)OC1=C(C5)Cc2cc5ccc(OCCCC)c(c5cc2O1)C(=O)NCc1c(OCCCC)ccc2cc5c(cc12)OC(=C(C3)C5)O4. The van der Waals surface area contributed by atoms with Crippen molar-refractivity contribution >= 4 is 54.9 Å². The predicted molar refractivity (Wildman–Crippen MR) is 311 cm³/mol. The molecule has 408 valence electrons. The molecule has 2 N–H and O–H groups in total. The molecule has 5 aliphatic rings. The van der Waals surface area contributed by atoms with E-state index in [1.165, 1.54) is 0 Å². The van der Waals surface area contributed by atoms with E-state index >= 15 is 9.59 Å². The minimum Gasteiger partial charge on any atom is -0.493 e. The maximum Gasteiger partial charge on any atom is 0.290 e. The van der Waals surface area contributed by atoms with Crippen molar-refractivity contribution in [3.63, 3.8) is 0 Å². The molecule has 2 amide bonds. The Labute approximate surface area is 465 Å². The first-order chi connectivity index (χ1) is 39.2. The Morgan fingerprint density at radius 1 is 0.388 bits per heavy atom. The zero-order valence-corrected chi connectivity index (χ0v) is 46.0. The van der Waals surface area contributed by atoms with Gasteiger partial charge in [-0.25, -0.2) is 0 Å². The van der Waals surface area contributed by atoms with Gasteiger partial charge >= 0.3 is 0 Å². The highest BCUT2D eigenvalue weighted by atomic mass is 16.7. The highest BCUT2D eigenvalue weighted by Gasteiger charge is 2.33. The highest BCUT2D eigenvalue weighted by Crippen LogP contribution is 2.46. The molecular weight excluding hydrogens is 1000 g/mol. The van der Waals surface area contributed by atoms with E-state index in [-0.39, 0.29) is 24.9 Å². The quantitative estimate of drug-likeness (QED) is 0.0902. The van der Waals surface area contributed by atoms with Gasteiger partial charge in [0.15, 0.2) is 0 Å². The number of ether oxygens (including phenoxy) is 8. The molecule has 12 heteroatoms. The number of unbranched alkanes of at least 4 members (excludes halogenated alkanes) is 4. The van der Waals surface area contributed by atoms with Crippen LogP contribution in [0.5, 0.6) is 46.0 Å². The molecule has 0 saturated carbocycles. The molecular formula is C68H66N2O10. The molecule has 0 atom stereocenters. The molecule has 0 spiro atoms. The molecule has 0 unspecified atom stereocenters. The molecule has 5 aliphatic heterocycles. The number of carbonyl (C=O) groups is 2. The first kappa shape index (κ1) is 51.1. The van der Waals surface area contributed by atoms with Gasteiger partial charge in [0.1, 0.15) is 46.0 Å². The third kappa shape index (κ3) is 9.51. The molecule has 12 nitrogen and oxygen atoms in total. The molecule has 0 radical (unpaired) electrons. The minimum absolute atomic E-state index is 0.173. The molecule has 0 fully saturated rings. The summed E-state index contributed by atoms with van der Waals surface area (Å²) >= 11 is 0. The van der Waals surface area contributed by atoms with Crippen molar-refractivity contribution in [1.29, 1.82) is 0 Å². The fourth-order valence-corrected chi connectivity index (χ4v) is 11.8. The summed E-state index contributed by atoms with van der Waals surface area (Å²) in [5.74, 6) is 5.23. The van der Waals surface area contributed by atoms with E-state index in [0.29, 0.717) is 132 Å². The largest absolute Gasteiger partial charge is 0.493 e. The lowest BCUT2D eigenvalue weighted by Crippen LogP contribution is -2.25. The van der Waals surface area contributed by atoms with E-state index in [0.717, 1.165) is 128 Å². The van der Waals surface area contributed by atoms with Crippen LogP contribution in [0.25, 0.3) is 43.1 Å². The number of hydrogen-bond donors (Lipinski definition) is 2. The van der Waals surface area contributed by atoms with E-state index in [1.54, 1.807) is 0 Å². The van der Waals surface area contributed by atoms with Crippen LogP contribution in [0.3, 0.4) is 0 Å². The van der Waals surface area contributed by atoms with Crippen LogP contribution in [0.1, 0.15) is 133 Å². The Morgan fingerprint density at radius 2 is 0.688 bits per heavy atom. The lowest BCUT2D eigenvalue weighted by Gasteiger charge is -2.29. The number of nitrogens with one attached hydrogen (secondary N) is 2. The summed E-state index contributed by atoms with van der Waals surface area (Å²) in [4.78, 5) is 30.2. The third-order valence-corrected chi connectivity index (χ3v) is 16.2. The topological polar surface area (TPSA) is 132 Å². The van der Waals surface area contributed by atoms with Crippen molar-refractivity contribution in [1.82, 2.24) is 10.6 Å². The van der Waals surface area contributed by atoms with E-state index < -0.39 is 0 Å². The minimum atomic E-state index is -0.288. The summed E-state index contributed by atoms with van der Waals surface area (Å²) in [5.41, 5.74) is 8.64. The summed E-state index contributed by atoms with van der Waals surface area (Å²) in [6, 6.07) is 32.7. The Hall–Kier alpha value is -8.38. The van der Waals surface area contributed by atoms with Crippen LogP contribution in [-0.2, 0) is 38.8 Å². The molecule has 13 rings (SSSR count). The average Bonchev–Trinajstić information content (AvgIpc) is 3.64. The Morgan fingerprint density at radius 3 is 1.02 bits per heavy atom. The van der Waals surface area contributed by atoms with Gasteiger partial charge in [-0.15, -0.1) is 0 Å². The second-order valence-electron chi connectivity index (χ2n) is 21.8. The Kier molecular flexibility index (Phi) is 13.9. The fourth-order valence-electron chi connectivity index (χ4n) is 11.8. The second kappa shape index (κ2) is 21.7. The zero-order chi connectivity index (χ0) is 54.4.